The molecule has 0 amide bonds. The van der Waals surface area contributed by atoms with Crippen LogP contribution in [0, 0.1) is 11.8 Å². The quantitative estimate of drug-likeness (QED) is 0.774. The number of sulfonamides is 1. The number of nitrogens with zero attached hydrogens (tertiary/aromatic N) is 1. The fourth-order valence-electron chi connectivity index (χ4n) is 1.60. The zero-order valence-corrected chi connectivity index (χ0v) is 12.5. The molecule has 110 valence electrons. The standard InChI is InChI=1S/C14H19NO4S/c1-15(20(17,18)11-10-19-2)12-14-7-4-3-6-13(14)8-5-9-16/h3-4,6-7,16H,9-12H2,1-2H3. The van der Waals surface area contributed by atoms with Crippen molar-refractivity contribution in [1.82, 2.24) is 4.31 Å². The number of ether oxygens (including phenoxy) is 1. The molecule has 0 radical (unpaired) electrons. The molecule has 0 atom stereocenters. The summed E-state index contributed by atoms with van der Waals surface area (Å²) in [6, 6.07) is 7.27. The maximum Gasteiger partial charge on any atom is 0.216 e. The van der Waals surface area contributed by atoms with E-state index in [9.17, 15) is 8.42 Å². The van der Waals surface area contributed by atoms with Gasteiger partial charge in [-0.15, -0.1) is 0 Å². The summed E-state index contributed by atoms with van der Waals surface area (Å²) >= 11 is 0. The Kier molecular flexibility index (Phi) is 6.68. The summed E-state index contributed by atoms with van der Waals surface area (Å²) in [4.78, 5) is 0. The largest absolute Gasteiger partial charge is 0.384 e. The highest BCUT2D eigenvalue weighted by Gasteiger charge is 2.18. The second-order valence-electron chi connectivity index (χ2n) is 4.18. The second-order valence-corrected chi connectivity index (χ2v) is 6.38. The predicted octanol–water partition coefficient (Wildman–Crippen LogP) is 0.438. The van der Waals surface area contributed by atoms with E-state index in [1.54, 1.807) is 6.07 Å². The molecular formula is C14H19NO4S. The SMILES string of the molecule is COCCS(=O)(=O)N(C)Cc1ccccc1C#CCO. The van der Waals surface area contributed by atoms with E-state index in [2.05, 4.69) is 11.8 Å². The zero-order chi connectivity index (χ0) is 15.0. The molecular weight excluding hydrogens is 278 g/mol. The van der Waals surface area contributed by atoms with E-state index in [0.717, 1.165) is 11.1 Å². The third kappa shape index (κ3) is 4.94. The molecule has 1 N–H and O–H groups in total. The van der Waals surface area contributed by atoms with E-state index in [1.807, 2.05) is 18.2 Å². The van der Waals surface area contributed by atoms with Crippen LogP contribution in [0.3, 0.4) is 0 Å². The van der Waals surface area contributed by atoms with Gasteiger partial charge >= 0.3 is 0 Å². The smallest absolute Gasteiger partial charge is 0.216 e. The maximum absolute atomic E-state index is 12.0. The van der Waals surface area contributed by atoms with Gasteiger partial charge in [-0.1, -0.05) is 30.0 Å². The minimum atomic E-state index is -3.35. The minimum Gasteiger partial charge on any atom is -0.384 e. The number of hydrogen-bond acceptors (Lipinski definition) is 4. The minimum absolute atomic E-state index is 0.0511. The van der Waals surface area contributed by atoms with Crippen molar-refractivity contribution in [3.63, 3.8) is 0 Å². The van der Waals surface area contributed by atoms with Crippen LogP contribution in [0.2, 0.25) is 0 Å². The van der Waals surface area contributed by atoms with E-state index in [1.165, 1.54) is 18.5 Å². The Labute approximate surface area is 120 Å². The van der Waals surface area contributed by atoms with Gasteiger partial charge in [0.1, 0.15) is 6.61 Å². The number of benzene rings is 1. The molecule has 0 fully saturated rings. The Hall–Kier alpha value is -1.39. The fourth-order valence-corrected chi connectivity index (χ4v) is 2.62. The molecule has 1 aromatic carbocycles. The molecule has 0 aromatic heterocycles. The van der Waals surface area contributed by atoms with Crippen molar-refractivity contribution in [2.75, 3.05) is 33.1 Å². The van der Waals surface area contributed by atoms with Gasteiger partial charge in [0, 0.05) is 26.3 Å². The van der Waals surface area contributed by atoms with E-state index in [4.69, 9.17) is 9.84 Å². The molecule has 5 nitrogen and oxygen atoms in total. The summed E-state index contributed by atoms with van der Waals surface area (Å²) in [5.41, 5.74) is 1.52. The average Bonchev–Trinajstić information content (AvgIpc) is 2.44. The van der Waals surface area contributed by atoms with Gasteiger partial charge in [0.25, 0.3) is 0 Å². The van der Waals surface area contributed by atoms with Gasteiger partial charge in [0.2, 0.25) is 10.0 Å². The van der Waals surface area contributed by atoms with Crippen LogP contribution in [-0.2, 0) is 21.3 Å². The number of methoxy groups -OCH3 is 1. The van der Waals surface area contributed by atoms with Gasteiger partial charge < -0.3 is 9.84 Å². The molecule has 0 spiro atoms. The van der Waals surface area contributed by atoms with Gasteiger partial charge in [0.15, 0.2) is 0 Å². The van der Waals surface area contributed by atoms with E-state index < -0.39 is 10.0 Å². The molecule has 6 heteroatoms. The van der Waals surface area contributed by atoms with Crippen molar-refractivity contribution >= 4 is 10.0 Å². The molecule has 0 aliphatic heterocycles. The Morgan fingerprint density at radius 2 is 2.05 bits per heavy atom. The molecule has 0 saturated carbocycles. The summed E-state index contributed by atoms with van der Waals surface area (Å²) < 4.78 is 30.1. The first-order chi connectivity index (χ1) is 9.51. The summed E-state index contributed by atoms with van der Waals surface area (Å²) in [5.74, 6) is 5.33. The van der Waals surface area contributed by atoms with E-state index >= 15 is 0 Å². The predicted molar refractivity (Wildman–Crippen MR) is 77.5 cm³/mol. The highest BCUT2D eigenvalue weighted by molar-refractivity contribution is 7.89. The highest BCUT2D eigenvalue weighted by Crippen LogP contribution is 2.12. The van der Waals surface area contributed by atoms with Crippen LogP contribution in [0.1, 0.15) is 11.1 Å². The first-order valence-corrected chi connectivity index (χ1v) is 7.72. The number of rotatable bonds is 6. The molecule has 1 rings (SSSR count). The van der Waals surface area contributed by atoms with Crippen molar-refractivity contribution < 1.29 is 18.3 Å². The lowest BCUT2D eigenvalue weighted by Gasteiger charge is -2.17. The number of aliphatic hydroxyl groups is 1. The molecule has 1 aromatic rings. The van der Waals surface area contributed by atoms with Crippen LogP contribution < -0.4 is 0 Å². The second kappa shape index (κ2) is 8.02. The normalized spacial score (nSPS) is 11.2. The molecule has 0 aliphatic carbocycles. The molecule has 0 heterocycles. The molecule has 0 unspecified atom stereocenters. The van der Waals surface area contributed by atoms with Crippen LogP contribution in [0.15, 0.2) is 24.3 Å². The van der Waals surface area contributed by atoms with Crippen molar-refractivity contribution in [1.29, 1.82) is 0 Å². The lowest BCUT2D eigenvalue weighted by molar-refractivity contribution is 0.215. The van der Waals surface area contributed by atoms with Crippen molar-refractivity contribution in [3.8, 4) is 11.8 Å². The topological polar surface area (TPSA) is 66.8 Å². The van der Waals surface area contributed by atoms with E-state index in [0.29, 0.717) is 0 Å². The average molecular weight is 297 g/mol. The molecule has 20 heavy (non-hydrogen) atoms. The maximum atomic E-state index is 12.0. The molecule has 0 saturated heterocycles. The Morgan fingerprint density at radius 3 is 2.70 bits per heavy atom. The van der Waals surface area contributed by atoms with Crippen molar-refractivity contribution in [3.05, 3.63) is 35.4 Å². The Balaban J connectivity index is 2.88. The van der Waals surface area contributed by atoms with Crippen LogP contribution >= 0.6 is 0 Å². The summed E-state index contributed by atoms with van der Waals surface area (Å²) in [7, 11) is -0.351. The monoisotopic (exact) mass is 297 g/mol. The van der Waals surface area contributed by atoms with Gasteiger partial charge in [0.05, 0.1) is 12.4 Å². The first kappa shape index (κ1) is 16.7. The lowest BCUT2D eigenvalue weighted by Crippen LogP contribution is -2.30. The third-order valence-electron chi connectivity index (χ3n) is 2.73. The number of hydrogen-bond donors (Lipinski definition) is 1. The third-order valence-corrected chi connectivity index (χ3v) is 4.49. The van der Waals surface area contributed by atoms with Gasteiger partial charge in [-0.2, -0.15) is 0 Å². The Morgan fingerprint density at radius 1 is 1.35 bits per heavy atom. The lowest BCUT2D eigenvalue weighted by atomic mass is 10.1. The highest BCUT2D eigenvalue weighted by atomic mass is 32.2. The Bertz CT molecular complexity index is 587. The van der Waals surface area contributed by atoms with Crippen LogP contribution in [0.25, 0.3) is 0 Å². The summed E-state index contributed by atoms with van der Waals surface area (Å²) in [5, 5.41) is 8.73. The zero-order valence-electron chi connectivity index (χ0n) is 11.7. The van der Waals surface area contributed by atoms with Crippen LogP contribution in [-0.4, -0.2) is 51.0 Å². The van der Waals surface area contributed by atoms with Gasteiger partial charge in [-0.25, -0.2) is 12.7 Å². The number of aliphatic hydroxyl groups excluding tert-OH is 1. The fraction of sp³-hybridized carbons (Fsp3) is 0.429. The summed E-state index contributed by atoms with van der Waals surface area (Å²) in [6.07, 6.45) is 0. The first-order valence-electron chi connectivity index (χ1n) is 6.12. The van der Waals surface area contributed by atoms with Gasteiger partial charge in [-0.05, 0) is 11.6 Å². The van der Waals surface area contributed by atoms with Crippen LogP contribution in [0.5, 0.6) is 0 Å². The van der Waals surface area contributed by atoms with Crippen molar-refractivity contribution in [2.24, 2.45) is 0 Å². The van der Waals surface area contributed by atoms with Gasteiger partial charge in [-0.3, -0.25) is 0 Å². The van der Waals surface area contributed by atoms with Crippen LogP contribution in [0.4, 0.5) is 0 Å². The summed E-state index contributed by atoms with van der Waals surface area (Å²) in [6.45, 7) is 0.178. The van der Waals surface area contributed by atoms with E-state index in [-0.39, 0.29) is 25.5 Å². The molecule has 0 aliphatic rings. The molecule has 0 bridgehead atoms. The van der Waals surface area contributed by atoms with Crippen molar-refractivity contribution in [2.45, 2.75) is 6.54 Å².